The van der Waals surface area contributed by atoms with E-state index in [4.69, 9.17) is 11.6 Å². The van der Waals surface area contributed by atoms with E-state index in [2.05, 4.69) is 16.0 Å². The molecule has 8 aliphatic rings. The quantitative estimate of drug-likeness (QED) is 0.167. The van der Waals surface area contributed by atoms with Gasteiger partial charge in [-0.25, -0.2) is 0 Å². The maximum absolute atomic E-state index is 15.8. The highest BCUT2D eigenvalue weighted by Gasteiger charge is 2.52. The molecule has 28 heteroatoms. The summed E-state index contributed by atoms with van der Waals surface area (Å²) in [5, 5.41) is 7.71. The minimum Gasteiger partial charge on any atom is -0.343 e. The molecule has 0 bridgehead atoms. The van der Waals surface area contributed by atoms with Crippen LogP contribution in [-0.2, 0) is 57.5 Å². The molecule has 4 saturated heterocycles. The average Bonchev–Trinajstić information content (AvgIpc) is 1.77. The monoisotopic (exact) mass is 1470 g/mol. The number of fused-ring (bicyclic) bond motifs is 2. The van der Waals surface area contributed by atoms with Gasteiger partial charge >= 0.3 is 6.18 Å². The number of alkyl halides is 4. The van der Waals surface area contributed by atoms with Gasteiger partial charge in [-0.2, -0.15) is 13.2 Å². The summed E-state index contributed by atoms with van der Waals surface area (Å²) in [6.45, 7) is 9.38. The molecule has 12 amide bonds. The van der Waals surface area contributed by atoms with E-state index in [1.165, 1.54) is 88.4 Å². The van der Waals surface area contributed by atoms with Crippen LogP contribution in [0.15, 0.2) is 0 Å². The normalized spacial score (nSPS) is 31.3. The summed E-state index contributed by atoms with van der Waals surface area (Å²) in [6, 6.07) is -10.7. The molecular formula is C75H120ClF3N12O12. The predicted molar refractivity (Wildman–Crippen MR) is 382 cm³/mol. The lowest BCUT2D eigenvalue weighted by Gasteiger charge is -2.45. The van der Waals surface area contributed by atoms with Gasteiger partial charge in [0.2, 0.25) is 70.9 Å². The van der Waals surface area contributed by atoms with E-state index in [0.29, 0.717) is 51.6 Å². The number of carbonyl (C=O) groups excluding carboxylic acids is 12. The van der Waals surface area contributed by atoms with Gasteiger partial charge in [0.15, 0.2) is 0 Å². The van der Waals surface area contributed by atoms with Crippen molar-refractivity contribution < 1.29 is 70.7 Å². The summed E-state index contributed by atoms with van der Waals surface area (Å²) >= 11 is 6.43. The molecule has 3 unspecified atom stereocenters. The van der Waals surface area contributed by atoms with Gasteiger partial charge < -0.3 is 60.0 Å². The predicted octanol–water partition coefficient (Wildman–Crippen LogP) is 7.02. The lowest BCUT2D eigenvalue weighted by Crippen LogP contribution is -2.65. The summed E-state index contributed by atoms with van der Waals surface area (Å²) in [7, 11) is 8.83. The summed E-state index contributed by atoms with van der Waals surface area (Å²) in [6.07, 6.45) is 8.34. The highest BCUT2D eigenvalue weighted by molar-refractivity contribution is 6.21. The lowest BCUT2D eigenvalue weighted by atomic mass is 9.78. The molecule has 4 heterocycles. The zero-order chi connectivity index (χ0) is 75.5. The number of likely N-dealkylation sites (tertiary alicyclic amines) is 1. The number of carbonyl (C=O) groups is 12. The Morgan fingerprint density at radius 2 is 1.16 bits per heavy atom. The minimum absolute atomic E-state index is 0.00486. The van der Waals surface area contributed by atoms with Gasteiger partial charge in [-0.05, 0) is 139 Å². The van der Waals surface area contributed by atoms with Crippen molar-refractivity contribution in [2.75, 3.05) is 75.0 Å². The fourth-order valence-corrected chi connectivity index (χ4v) is 18.1. The molecule has 580 valence electrons. The topological polar surface area (TPSA) is 270 Å². The zero-order valence-corrected chi connectivity index (χ0v) is 64.0. The molecule has 24 nitrogen and oxygen atoms in total. The van der Waals surface area contributed by atoms with Gasteiger partial charge in [0, 0.05) is 73.8 Å². The van der Waals surface area contributed by atoms with Crippen LogP contribution < -0.4 is 16.0 Å². The van der Waals surface area contributed by atoms with E-state index in [1.807, 2.05) is 20.8 Å². The van der Waals surface area contributed by atoms with E-state index >= 15 is 38.4 Å². The molecule has 103 heavy (non-hydrogen) atoms. The van der Waals surface area contributed by atoms with Gasteiger partial charge in [-0.1, -0.05) is 105 Å². The first-order valence-corrected chi connectivity index (χ1v) is 39.2. The Hall–Kier alpha value is -6.28. The largest absolute Gasteiger partial charge is 0.393 e. The van der Waals surface area contributed by atoms with Crippen molar-refractivity contribution in [2.24, 2.45) is 35.5 Å². The molecule has 4 aliphatic heterocycles. The van der Waals surface area contributed by atoms with Crippen molar-refractivity contribution in [1.82, 2.24) is 60.0 Å². The smallest absolute Gasteiger partial charge is 0.343 e. The van der Waals surface area contributed by atoms with E-state index in [9.17, 15) is 32.3 Å². The first-order valence-electron chi connectivity index (χ1n) is 38.8. The first kappa shape index (κ1) is 82.4. The van der Waals surface area contributed by atoms with Crippen molar-refractivity contribution in [2.45, 2.75) is 292 Å². The van der Waals surface area contributed by atoms with Crippen molar-refractivity contribution in [3.63, 3.8) is 0 Å². The van der Waals surface area contributed by atoms with Crippen LogP contribution in [0.4, 0.5) is 13.2 Å². The fraction of sp³-hybridized carbons (Fsp3) is 0.840. The fourth-order valence-electron chi connectivity index (χ4n) is 17.6. The third-order valence-electron chi connectivity index (χ3n) is 24.8. The number of piperidine rings is 1. The van der Waals surface area contributed by atoms with Crippen molar-refractivity contribution in [1.29, 1.82) is 0 Å². The van der Waals surface area contributed by atoms with Crippen molar-refractivity contribution in [3.8, 4) is 0 Å². The van der Waals surface area contributed by atoms with Gasteiger partial charge in [-0.3, -0.25) is 57.5 Å². The molecule has 13 atom stereocenters. The molecule has 0 aromatic heterocycles. The molecule has 4 aliphatic carbocycles. The van der Waals surface area contributed by atoms with Crippen molar-refractivity contribution in [3.05, 3.63) is 0 Å². The van der Waals surface area contributed by atoms with Crippen LogP contribution in [0.25, 0.3) is 0 Å². The second kappa shape index (κ2) is 36.3. The number of halogens is 4. The number of rotatable bonds is 12. The third-order valence-corrected chi connectivity index (χ3v) is 25.2. The van der Waals surface area contributed by atoms with Crippen molar-refractivity contribution >= 4 is 82.5 Å². The molecule has 3 N–H and O–H groups in total. The van der Waals surface area contributed by atoms with Crippen LogP contribution in [0.3, 0.4) is 0 Å². The molecule has 0 aromatic rings. The van der Waals surface area contributed by atoms with Crippen LogP contribution in [-0.4, -0.2) is 261 Å². The number of nitrogens with one attached hydrogen (secondary N) is 3. The second-order valence-corrected chi connectivity index (χ2v) is 32.8. The summed E-state index contributed by atoms with van der Waals surface area (Å²) in [5.41, 5.74) is -1.55. The Morgan fingerprint density at radius 1 is 0.563 bits per heavy atom. The number of hydrogen-bond donors (Lipinski definition) is 3. The minimum atomic E-state index is -4.51. The van der Waals surface area contributed by atoms with Crippen LogP contribution in [0, 0.1) is 35.5 Å². The molecule has 8 fully saturated rings. The van der Waals surface area contributed by atoms with Crippen LogP contribution >= 0.6 is 11.6 Å². The maximum atomic E-state index is 15.8. The SMILES string of the molecule is CC[C@H](C)[C@@H]1NC(=O)[C@H](CC(C)C)N(C)C(=O)C[C@@H](C(=O)N2CCCCC2)N(C)C(=O)[C@H](CC2CCCC2)N(C)C(=O)C2(CCCC2)NC(=O)[C@@H]2CCCN2C(=O)[C@H](CCC2CCC(C(F)(F)F)C(Cl)C2)NC(=O)CN(C)C(=O)[C@H](CC2CCCCC2)N(C)C(=O)[C@@H]2CCN2C(=O)[C@H](C)N(C)C1=O. The average molecular weight is 1470 g/mol. The van der Waals surface area contributed by atoms with Crippen LogP contribution in [0.2, 0.25) is 0 Å². The number of nitrogens with zero attached hydrogens (tertiary/aromatic N) is 9. The molecular weight excluding hydrogens is 1350 g/mol. The Morgan fingerprint density at radius 3 is 1.73 bits per heavy atom. The van der Waals surface area contributed by atoms with E-state index in [1.54, 1.807) is 11.8 Å². The Bertz CT molecular complexity index is 3030. The highest BCUT2D eigenvalue weighted by atomic mass is 35.5. The van der Waals surface area contributed by atoms with Crippen LogP contribution in [0.1, 0.15) is 221 Å². The lowest BCUT2D eigenvalue weighted by molar-refractivity contribution is -0.182. The Kier molecular flexibility index (Phi) is 29.1. The Balaban J connectivity index is 1.17. The Labute approximate surface area is 613 Å². The van der Waals surface area contributed by atoms with Gasteiger partial charge in [0.05, 0.1) is 18.9 Å². The third kappa shape index (κ3) is 19.9. The number of amides is 12. The summed E-state index contributed by atoms with van der Waals surface area (Å²) in [4.78, 5) is 194. The van der Waals surface area contributed by atoms with E-state index in [-0.39, 0.29) is 114 Å². The summed E-state index contributed by atoms with van der Waals surface area (Å²) < 4.78 is 42.2. The molecule has 1 spiro atoms. The maximum Gasteiger partial charge on any atom is 0.393 e. The number of likely N-dealkylation sites (N-methyl/N-ethyl adjacent to an activating group) is 6. The first-order chi connectivity index (χ1) is 48.7. The molecule has 0 aromatic carbocycles. The molecule has 8 rings (SSSR count). The highest BCUT2D eigenvalue weighted by Crippen LogP contribution is 2.44. The van der Waals surface area contributed by atoms with Gasteiger partial charge in [-0.15, -0.1) is 11.6 Å². The number of hydrogen-bond acceptors (Lipinski definition) is 12. The summed E-state index contributed by atoms with van der Waals surface area (Å²) in [5.74, 6) is -9.85. The van der Waals surface area contributed by atoms with Crippen LogP contribution in [0.5, 0.6) is 0 Å². The van der Waals surface area contributed by atoms with E-state index < -0.39 is 167 Å². The second-order valence-electron chi connectivity index (χ2n) is 32.3. The standard InChI is InChI=1S/C75H120ClF3N12O12/c1-12-47(4)63-72(102)84(7)48(5)66(96)91-39-33-56(91)69(99)86(9)58(42-49-24-15-13-16-25-49)68(98)83(6)45-61(92)80-54(32-30-51-29-31-52(53(76)41-51)75(77,78)79)67(97)90-38-23-28-55(90)65(95)82-74(34-19-20-35-74)73(103)88(11)59(43-50-26-17-18-27-50)70(100)87(10)60(71(101)89-36-21-14-22-37-89)44-62(93)85(8)57(40-46(2)3)64(94)81-63/h46-60,63H,12-45H2,1-11H3,(H,80,92)(H,81,94)(H,82,95)/t47-,48-,51?,52?,53?,54-,55-,56-,57-,58-,59-,60-,63-/m0/s1. The molecule has 4 saturated carbocycles. The van der Waals surface area contributed by atoms with Gasteiger partial charge in [0.25, 0.3) is 0 Å². The molecule has 0 radical (unpaired) electrons. The zero-order valence-electron chi connectivity index (χ0n) is 63.2. The van der Waals surface area contributed by atoms with E-state index in [0.717, 1.165) is 64.2 Å². The van der Waals surface area contributed by atoms with Gasteiger partial charge in [0.1, 0.15) is 59.9 Å².